The Kier molecular flexibility index (Phi) is 4.04. The Labute approximate surface area is 152 Å². The number of nitrogens with zero attached hydrogens (tertiary/aromatic N) is 2. The van der Waals surface area contributed by atoms with E-state index in [-0.39, 0.29) is 0 Å². The van der Waals surface area contributed by atoms with Crippen LogP contribution in [0.25, 0.3) is 21.3 Å². The van der Waals surface area contributed by atoms with E-state index in [4.69, 9.17) is 0 Å². The van der Waals surface area contributed by atoms with E-state index in [0.29, 0.717) is 0 Å². The van der Waals surface area contributed by atoms with Crippen LogP contribution >= 0.6 is 27.3 Å². The standard InChI is InChI=1S/C19H14BrN3S/c1-12-6-8-13(9-7-12)14-10-24-19-17(14)18(21-11-22-19)23-16-5-3-2-4-15(16)20/h2-11H,1H3,(H,21,22,23). The maximum atomic E-state index is 4.48. The van der Waals surface area contributed by atoms with Crippen LogP contribution in [-0.4, -0.2) is 9.97 Å². The molecule has 0 bridgehead atoms. The lowest BCUT2D eigenvalue weighted by atomic mass is 10.0. The van der Waals surface area contributed by atoms with E-state index in [1.165, 1.54) is 11.1 Å². The Morgan fingerprint density at radius 1 is 1.00 bits per heavy atom. The average molecular weight is 396 g/mol. The molecule has 5 heteroatoms. The first kappa shape index (κ1) is 15.3. The minimum absolute atomic E-state index is 0.823. The van der Waals surface area contributed by atoms with Gasteiger partial charge >= 0.3 is 0 Å². The molecule has 4 rings (SSSR count). The number of para-hydroxylation sites is 1. The fraction of sp³-hybridized carbons (Fsp3) is 0.0526. The number of thiophene rings is 1. The Morgan fingerprint density at radius 3 is 2.58 bits per heavy atom. The van der Waals surface area contributed by atoms with Crippen molar-refractivity contribution in [3.63, 3.8) is 0 Å². The second kappa shape index (κ2) is 6.34. The summed E-state index contributed by atoms with van der Waals surface area (Å²) in [5.74, 6) is 0.823. The van der Waals surface area contributed by atoms with Crippen LogP contribution in [0.3, 0.4) is 0 Å². The van der Waals surface area contributed by atoms with Crippen LogP contribution in [0.4, 0.5) is 11.5 Å². The molecule has 0 atom stereocenters. The maximum absolute atomic E-state index is 4.48. The number of aryl methyl sites for hydroxylation is 1. The fourth-order valence-electron chi connectivity index (χ4n) is 2.61. The van der Waals surface area contributed by atoms with Gasteiger partial charge in [-0.3, -0.25) is 0 Å². The number of nitrogens with one attached hydrogen (secondary N) is 1. The molecule has 4 aromatic rings. The van der Waals surface area contributed by atoms with Gasteiger partial charge in [0.2, 0.25) is 0 Å². The summed E-state index contributed by atoms with van der Waals surface area (Å²) in [4.78, 5) is 9.89. The van der Waals surface area contributed by atoms with Crippen LogP contribution in [0.2, 0.25) is 0 Å². The van der Waals surface area contributed by atoms with Crippen molar-refractivity contribution < 1.29 is 0 Å². The number of aromatic nitrogens is 2. The molecule has 1 N–H and O–H groups in total. The minimum atomic E-state index is 0.823. The third kappa shape index (κ3) is 2.81. The van der Waals surface area contributed by atoms with Gasteiger partial charge in [0.25, 0.3) is 0 Å². The zero-order chi connectivity index (χ0) is 16.5. The van der Waals surface area contributed by atoms with Gasteiger partial charge in [-0.25, -0.2) is 9.97 Å². The fourth-order valence-corrected chi connectivity index (χ4v) is 3.91. The molecule has 118 valence electrons. The van der Waals surface area contributed by atoms with Crippen LogP contribution in [0.1, 0.15) is 5.56 Å². The number of benzene rings is 2. The SMILES string of the molecule is Cc1ccc(-c2csc3ncnc(Nc4ccccc4Br)c23)cc1. The molecule has 2 aromatic heterocycles. The molecular weight excluding hydrogens is 382 g/mol. The molecule has 0 aliphatic heterocycles. The Morgan fingerprint density at radius 2 is 1.79 bits per heavy atom. The van der Waals surface area contributed by atoms with E-state index in [1.807, 2.05) is 24.3 Å². The molecular formula is C19H14BrN3S. The summed E-state index contributed by atoms with van der Waals surface area (Å²) < 4.78 is 1.00. The summed E-state index contributed by atoms with van der Waals surface area (Å²) in [5, 5.41) is 6.64. The van der Waals surface area contributed by atoms with Crippen molar-refractivity contribution in [3.05, 3.63) is 70.3 Å². The minimum Gasteiger partial charge on any atom is -0.339 e. The van der Waals surface area contributed by atoms with Crippen LogP contribution in [0, 0.1) is 6.92 Å². The van der Waals surface area contributed by atoms with Crippen LogP contribution < -0.4 is 5.32 Å². The van der Waals surface area contributed by atoms with Crippen molar-refractivity contribution in [1.82, 2.24) is 9.97 Å². The maximum Gasteiger partial charge on any atom is 0.143 e. The first-order valence-corrected chi connectivity index (χ1v) is 9.20. The molecule has 0 unspecified atom stereocenters. The zero-order valence-corrected chi connectivity index (χ0v) is 15.4. The van der Waals surface area contributed by atoms with Gasteiger partial charge in [0.1, 0.15) is 17.0 Å². The molecule has 2 aromatic carbocycles. The van der Waals surface area contributed by atoms with E-state index in [0.717, 1.165) is 31.8 Å². The lowest BCUT2D eigenvalue weighted by Crippen LogP contribution is -1.96. The number of fused-ring (bicyclic) bond motifs is 1. The van der Waals surface area contributed by atoms with E-state index < -0.39 is 0 Å². The Bertz CT molecular complexity index is 1010. The molecule has 24 heavy (non-hydrogen) atoms. The Hall–Kier alpha value is -2.24. The van der Waals surface area contributed by atoms with E-state index in [2.05, 4.69) is 67.8 Å². The predicted molar refractivity (Wildman–Crippen MR) is 105 cm³/mol. The van der Waals surface area contributed by atoms with Crippen molar-refractivity contribution >= 4 is 49.0 Å². The molecule has 0 radical (unpaired) electrons. The number of anilines is 2. The van der Waals surface area contributed by atoms with Gasteiger partial charge in [-0.1, -0.05) is 42.0 Å². The highest BCUT2D eigenvalue weighted by molar-refractivity contribution is 9.10. The molecule has 0 saturated heterocycles. The highest BCUT2D eigenvalue weighted by Crippen LogP contribution is 2.38. The Balaban J connectivity index is 1.86. The van der Waals surface area contributed by atoms with Gasteiger partial charge in [-0.05, 0) is 40.5 Å². The van der Waals surface area contributed by atoms with Crippen molar-refractivity contribution in [2.45, 2.75) is 6.92 Å². The monoisotopic (exact) mass is 395 g/mol. The van der Waals surface area contributed by atoms with Crippen LogP contribution in [0.15, 0.2) is 64.7 Å². The summed E-state index contributed by atoms with van der Waals surface area (Å²) >= 11 is 5.22. The van der Waals surface area contributed by atoms with Crippen molar-refractivity contribution in [3.8, 4) is 11.1 Å². The van der Waals surface area contributed by atoms with Gasteiger partial charge < -0.3 is 5.32 Å². The molecule has 0 amide bonds. The summed E-state index contributed by atoms with van der Waals surface area (Å²) in [6.45, 7) is 2.10. The van der Waals surface area contributed by atoms with Crippen LogP contribution in [-0.2, 0) is 0 Å². The highest BCUT2D eigenvalue weighted by atomic mass is 79.9. The predicted octanol–water partition coefficient (Wildman–Crippen LogP) is 6.17. The quantitative estimate of drug-likeness (QED) is 0.450. The number of rotatable bonds is 3. The van der Waals surface area contributed by atoms with E-state index in [1.54, 1.807) is 17.7 Å². The first-order valence-electron chi connectivity index (χ1n) is 7.53. The molecule has 0 saturated carbocycles. The molecule has 2 heterocycles. The number of halogens is 1. The second-order valence-corrected chi connectivity index (χ2v) is 7.24. The van der Waals surface area contributed by atoms with E-state index in [9.17, 15) is 0 Å². The largest absolute Gasteiger partial charge is 0.339 e. The summed E-state index contributed by atoms with van der Waals surface area (Å²) in [6, 6.07) is 16.6. The number of hydrogen-bond acceptors (Lipinski definition) is 4. The topological polar surface area (TPSA) is 37.8 Å². The number of hydrogen-bond donors (Lipinski definition) is 1. The van der Waals surface area contributed by atoms with E-state index >= 15 is 0 Å². The average Bonchev–Trinajstić information content (AvgIpc) is 3.03. The molecule has 3 nitrogen and oxygen atoms in total. The van der Waals surface area contributed by atoms with Crippen molar-refractivity contribution in [1.29, 1.82) is 0 Å². The first-order chi connectivity index (χ1) is 11.7. The summed E-state index contributed by atoms with van der Waals surface area (Å²) in [5.41, 5.74) is 4.57. The van der Waals surface area contributed by atoms with Gasteiger partial charge in [0.15, 0.2) is 0 Å². The summed E-state index contributed by atoms with van der Waals surface area (Å²) in [7, 11) is 0. The normalized spacial score (nSPS) is 10.9. The van der Waals surface area contributed by atoms with Crippen molar-refractivity contribution in [2.75, 3.05) is 5.32 Å². The van der Waals surface area contributed by atoms with Gasteiger partial charge in [-0.2, -0.15) is 0 Å². The van der Waals surface area contributed by atoms with Crippen molar-refractivity contribution in [2.24, 2.45) is 0 Å². The van der Waals surface area contributed by atoms with Crippen LogP contribution in [0.5, 0.6) is 0 Å². The molecule has 0 spiro atoms. The zero-order valence-electron chi connectivity index (χ0n) is 13.0. The second-order valence-electron chi connectivity index (χ2n) is 5.52. The summed E-state index contributed by atoms with van der Waals surface area (Å²) in [6.07, 6.45) is 1.61. The van der Waals surface area contributed by atoms with Gasteiger partial charge in [-0.15, -0.1) is 11.3 Å². The smallest absolute Gasteiger partial charge is 0.143 e. The molecule has 0 aliphatic rings. The third-order valence-corrected chi connectivity index (χ3v) is 5.44. The van der Waals surface area contributed by atoms with Gasteiger partial charge in [0, 0.05) is 15.4 Å². The third-order valence-electron chi connectivity index (χ3n) is 3.86. The highest BCUT2D eigenvalue weighted by Gasteiger charge is 2.13. The lowest BCUT2D eigenvalue weighted by molar-refractivity contribution is 1.23. The molecule has 0 aliphatic carbocycles. The van der Waals surface area contributed by atoms with Gasteiger partial charge in [0.05, 0.1) is 11.1 Å². The lowest BCUT2D eigenvalue weighted by Gasteiger charge is -2.10. The molecule has 0 fully saturated rings.